The smallest absolute Gasteiger partial charge is 0.387 e. The number of rotatable bonds is 5. The van der Waals surface area contributed by atoms with Crippen molar-refractivity contribution in [2.24, 2.45) is 0 Å². The molecule has 1 aliphatic heterocycles. The number of halogens is 2. The van der Waals surface area contributed by atoms with Crippen molar-refractivity contribution in [1.82, 2.24) is 15.1 Å². The Hall–Kier alpha value is -2.44. The Labute approximate surface area is 138 Å². The predicted molar refractivity (Wildman–Crippen MR) is 84.1 cm³/mol. The minimum Gasteiger partial charge on any atom is -0.434 e. The van der Waals surface area contributed by atoms with E-state index in [4.69, 9.17) is 0 Å². The molecule has 1 aromatic carbocycles. The van der Waals surface area contributed by atoms with Gasteiger partial charge in [0.15, 0.2) is 0 Å². The van der Waals surface area contributed by atoms with Crippen molar-refractivity contribution in [2.75, 3.05) is 0 Å². The van der Waals surface area contributed by atoms with Gasteiger partial charge in [0.25, 0.3) is 5.91 Å². The molecule has 0 bridgehead atoms. The number of aryl methyl sites for hydroxylation is 2. The number of nitrogens with one attached hydrogen (secondary N) is 1. The van der Waals surface area contributed by atoms with Crippen LogP contribution in [0.1, 0.15) is 40.0 Å². The summed E-state index contributed by atoms with van der Waals surface area (Å²) in [6, 6.07) is 4.91. The van der Waals surface area contributed by atoms with Crippen LogP contribution in [0.15, 0.2) is 24.4 Å². The first-order valence-electron chi connectivity index (χ1n) is 7.92. The second-order valence-electron chi connectivity index (χ2n) is 5.86. The van der Waals surface area contributed by atoms with Crippen molar-refractivity contribution >= 4 is 5.91 Å². The molecule has 1 N–H and O–H groups in total. The van der Waals surface area contributed by atoms with Crippen molar-refractivity contribution in [1.29, 1.82) is 0 Å². The van der Waals surface area contributed by atoms with Crippen LogP contribution in [-0.2, 0) is 19.5 Å². The van der Waals surface area contributed by atoms with Crippen LogP contribution in [-0.4, -0.2) is 22.3 Å². The molecule has 1 aliphatic rings. The van der Waals surface area contributed by atoms with Crippen LogP contribution in [0.25, 0.3) is 0 Å². The first-order valence-corrected chi connectivity index (χ1v) is 7.92. The number of carbonyl (C=O) groups is 1. The molecular formula is C17H19F2N3O2. The molecule has 128 valence electrons. The highest BCUT2D eigenvalue weighted by atomic mass is 19.3. The summed E-state index contributed by atoms with van der Waals surface area (Å²) in [5.41, 5.74) is 2.92. The normalized spacial score (nSPS) is 13.7. The first kappa shape index (κ1) is 16.4. The molecular weight excluding hydrogens is 316 g/mol. The van der Waals surface area contributed by atoms with E-state index in [1.165, 1.54) is 6.07 Å². The Morgan fingerprint density at radius 3 is 3.04 bits per heavy atom. The van der Waals surface area contributed by atoms with Gasteiger partial charge in [-0.25, -0.2) is 0 Å². The van der Waals surface area contributed by atoms with Gasteiger partial charge in [-0.3, -0.25) is 9.48 Å². The summed E-state index contributed by atoms with van der Waals surface area (Å²) in [6.07, 6.45) is 4.50. The summed E-state index contributed by atoms with van der Waals surface area (Å²) in [7, 11) is 0. The van der Waals surface area contributed by atoms with Crippen molar-refractivity contribution in [2.45, 2.75) is 45.9 Å². The molecule has 0 fully saturated rings. The number of carbonyl (C=O) groups excluding carboxylic acids is 1. The van der Waals surface area contributed by atoms with Crippen LogP contribution < -0.4 is 10.1 Å². The third-order valence-electron chi connectivity index (χ3n) is 4.10. The van der Waals surface area contributed by atoms with E-state index in [9.17, 15) is 13.6 Å². The van der Waals surface area contributed by atoms with Crippen LogP contribution in [0.5, 0.6) is 5.75 Å². The largest absolute Gasteiger partial charge is 0.434 e. The van der Waals surface area contributed by atoms with Crippen molar-refractivity contribution in [3.05, 3.63) is 46.8 Å². The molecule has 24 heavy (non-hydrogen) atoms. The minimum atomic E-state index is -2.90. The maximum atomic E-state index is 12.5. The number of fused-ring (bicyclic) bond motifs is 1. The third kappa shape index (κ3) is 3.55. The van der Waals surface area contributed by atoms with Gasteiger partial charge in [0.1, 0.15) is 5.75 Å². The Morgan fingerprint density at radius 1 is 1.42 bits per heavy atom. The molecule has 0 saturated carbocycles. The maximum absolute atomic E-state index is 12.5. The fraction of sp³-hybridized carbons (Fsp3) is 0.412. The highest BCUT2D eigenvalue weighted by Gasteiger charge is 2.20. The van der Waals surface area contributed by atoms with Crippen molar-refractivity contribution in [3.63, 3.8) is 0 Å². The van der Waals surface area contributed by atoms with E-state index in [1.807, 2.05) is 11.6 Å². The molecule has 7 heteroatoms. The molecule has 3 rings (SSSR count). The van der Waals surface area contributed by atoms with E-state index in [1.54, 1.807) is 18.3 Å². The quantitative estimate of drug-likeness (QED) is 0.914. The van der Waals surface area contributed by atoms with E-state index in [0.717, 1.165) is 37.1 Å². The first-order chi connectivity index (χ1) is 11.5. The van der Waals surface area contributed by atoms with E-state index in [2.05, 4.69) is 15.2 Å². The van der Waals surface area contributed by atoms with Gasteiger partial charge in [-0.05, 0) is 32.3 Å². The predicted octanol–water partition coefficient (Wildman–Crippen LogP) is 3.06. The zero-order valence-corrected chi connectivity index (χ0v) is 13.4. The van der Waals surface area contributed by atoms with Crippen LogP contribution in [0.4, 0.5) is 8.78 Å². The van der Waals surface area contributed by atoms with Gasteiger partial charge in [-0.1, -0.05) is 17.7 Å². The zero-order chi connectivity index (χ0) is 17.1. The number of hydrogen-bond donors (Lipinski definition) is 1. The summed E-state index contributed by atoms with van der Waals surface area (Å²) in [5.74, 6) is -0.171. The SMILES string of the molecule is Cc1ccc(OC(F)F)c(CNC(=O)c2cnn3c2CCCC3)c1. The van der Waals surface area contributed by atoms with Gasteiger partial charge in [0, 0.05) is 18.7 Å². The highest BCUT2D eigenvalue weighted by molar-refractivity contribution is 5.95. The van der Waals surface area contributed by atoms with Crippen LogP contribution in [0, 0.1) is 6.92 Å². The molecule has 0 unspecified atom stereocenters. The lowest BCUT2D eigenvalue weighted by Crippen LogP contribution is -2.25. The van der Waals surface area contributed by atoms with Gasteiger partial charge in [0.05, 0.1) is 17.5 Å². The molecule has 2 heterocycles. The lowest BCUT2D eigenvalue weighted by atomic mass is 10.1. The standard InChI is InChI=1S/C17H19F2N3O2/c1-11-5-6-15(24-17(18)19)12(8-11)9-20-16(23)13-10-21-22-7-3-2-4-14(13)22/h5-6,8,10,17H,2-4,7,9H2,1H3,(H,20,23). The molecule has 0 aliphatic carbocycles. The number of hydrogen-bond acceptors (Lipinski definition) is 3. The number of amides is 1. The van der Waals surface area contributed by atoms with E-state index in [0.29, 0.717) is 11.1 Å². The van der Waals surface area contributed by atoms with Crippen molar-refractivity contribution < 1.29 is 18.3 Å². The van der Waals surface area contributed by atoms with Crippen molar-refractivity contribution in [3.8, 4) is 5.75 Å². The molecule has 5 nitrogen and oxygen atoms in total. The Morgan fingerprint density at radius 2 is 2.25 bits per heavy atom. The lowest BCUT2D eigenvalue weighted by molar-refractivity contribution is -0.0504. The fourth-order valence-corrected chi connectivity index (χ4v) is 2.94. The molecule has 0 saturated heterocycles. The number of benzene rings is 1. The zero-order valence-electron chi connectivity index (χ0n) is 13.4. The molecule has 1 amide bonds. The number of ether oxygens (including phenoxy) is 1. The fourth-order valence-electron chi connectivity index (χ4n) is 2.94. The summed E-state index contributed by atoms with van der Waals surface area (Å²) in [6.45, 7) is -0.101. The summed E-state index contributed by atoms with van der Waals surface area (Å²) in [5, 5.41) is 7.01. The van der Waals surface area contributed by atoms with Gasteiger partial charge in [-0.2, -0.15) is 13.9 Å². The minimum absolute atomic E-state index is 0.0768. The molecule has 1 aromatic heterocycles. The maximum Gasteiger partial charge on any atom is 0.387 e. The van der Waals surface area contributed by atoms with Gasteiger partial charge in [0.2, 0.25) is 0 Å². The van der Waals surface area contributed by atoms with Gasteiger partial charge in [-0.15, -0.1) is 0 Å². The van der Waals surface area contributed by atoms with Crippen LogP contribution in [0.2, 0.25) is 0 Å². The summed E-state index contributed by atoms with van der Waals surface area (Å²) in [4.78, 5) is 12.4. The van der Waals surface area contributed by atoms with Gasteiger partial charge >= 0.3 is 6.61 Å². The highest BCUT2D eigenvalue weighted by Crippen LogP contribution is 2.23. The Kier molecular flexibility index (Phi) is 4.78. The summed E-state index contributed by atoms with van der Waals surface area (Å²) >= 11 is 0. The van der Waals surface area contributed by atoms with Gasteiger partial charge < -0.3 is 10.1 Å². The monoisotopic (exact) mass is 335 g/mol. The molecule has 0 atom stereocenters. The Balaban J connectivity index is 1.72. The molecule has 2 aromatic rings. The van der Waals surface area contributed by atoms with Crippen LogP contribution in [0.3, 0.4) is 0 Å². The summed E-state index contributed by atoms with van der Waals surface area (Å²) < 4.78 is 31.4. The van der Waals surface area contributed by atoms with E-state index >= 15 is 0 Å². The topological polar surface area (TPSA) is 56.1 Å². The average Bonchev–Trinajstić information content (AvgIpc) is 2.98. The number of alkyl halides is 2. The third-order valence-corrected chi connectivity index (χ3v) is 4.10. The lowest BCUT2D eigenvalue weighted by Gasteiger charge is -2.15. The van der Waals surface area contributed by atoms with Crippen LogP contribution >= 0.6 is 0 Å². The molecule has 0 radical (unpaired) electrons. The number of aromatic nitrogens is 2. The molecule has 0 spiro atoms. The van der Waals surface area contributed by atoms with E-state index in [-0.39, 0.29) is 18.2 Å². The Bertz CT molecular complexity index is 743. The number of nitrogens with zero attached hydrogens (tertiary/aromatic N) is 2. The average molecular weight is 335 g/mol. The van der Waals surface area contributed by atoms with E-state index < -0.39 is 6.61 Å². The second kappa shape index (κ2) is 6.98. The second-order valence-corrected chi connectivity index (χ2v) is 5.86.